The van der Waals surface area contributed by atoms with Crippen molar-refractivity contribution in [2.24, 2.45) is 0 Å². The normalized spacial score (nSPS) is 19.2. The molecule has 0 radical (unpaired) electrons. The Bertz CT molecular complexity index is 646. The lowest BCUT2D eigenvalue weighted by Crippen LogP contribution is -2.34. The molecule has 1 amide bonds. The lowest BCUT2D eigenvalue weighted by molar-refractivity contribution is 0.0764. The van der Waals surface area contributed by atoms with Gasteiger partial charge in [-0.25, -0.2) is 8.42 Å². The Morgan fingerprint density at radius 1 is 1.47 bits per heavy atom. The largest absolute Gasteiger partial charge is 0.323 e. The van der Waals surface area contributed by atoms with Gasteiger partial charge in [0.1, 0.15) is 6.04 Å². The first-order valence-electron chi connectivity index (χ1n) is 5.94. The third-order valence-electron chi connectivity index (χ3n) is 3.17. The molecule has 1 aliphatic rings. The second kappa shape index (κ2) is 5.02. The smallest absolute Gasteiger partial charge is 0.254 e. The van der Waals surface area contributed by atoms with Crippen molar-refractivity contribution in [3.63, 3.8) is 0 Å². The summed E-state index contributed by atoms with van der Waals surface area (Å²) < 4.78 is 22.9. The zero-order valence-corrected chi connectivity index (χ0v) is 11.4. The van der Waals surface area contributed by atoms with Gasteiger partial charge in [0.15, 0.2) is 9.84 Å². The number of benzene rings is 1. The summed E-state index contributed by atoms with van der Waals surface area (Å²) in [7, 11) is -3.34. The lowest BCUT2D eigenvalue weighted by atomic mass is 10.2. The first kappa shape index (κ1) is 13.6. The molecule has 1 unspecified atom stereocenters. The second-order valence-electron chi connectivity index (χ2n) is 4.59. The van der Waals surface area contributed by atoms with Gasteiger partial charge < -0.3 is 4.90 Å². The average Bonchev–Trinajstić information content (AvgIpc) is 2.85. The minimum atomic E-state index is -3.34. The molecule has 6 heteroatoms. The molecule has 100 valence electrons. The number of nitrogens with zero attached hydrogens (tertiary/aromatic N) is 2. The molecule has 1 saturated heterocycles. The van der Waals surface area contributed by atoms with Crippen LogP contribution in [-0.2, 0) is 9.84 Å². The number of likely N-dealkylation sites (tertiary alicyclic amines) is 1. The van der Waals surface area contributed by atoms with Gasteiger partial charge in [-0.15, -0.1) is 0 Å². The fraction of sp³-hybridized carbons (Fsp3) is 0.385. The lowest BCUT2D eigenvalue weighted by Gasteiger charge is -2.19. The molecule has 0 bridgehead atoms. The number of nitriles is 1. The third kappa shape index (κ3) is 2.76. The van der Waals surface area contributed by atoms with Crippen LogP contribution in [0.4, 0.5) is 0 Å². The Hall–Kier alpha value is -1.87. The van der Waals surface area contributed by atoms with Crippen LogP contribution in [-0.4, -0.2) is 38.1 Å². The topological polar surface area (TPSA) is 78.2 Å². The number of amides is 1. The maximum absolute atomic E-state index is 12.3. The van der Waals surface area contributed by atoms with E-state index in [1.165, 1.54) is 17.0 Å². The molecule has 2 rings (SSSR count). The standard InChI is InChI=1S/C13H14N2O3S/c1-19(17,18)12-6-2-4-10(8-12)13(16)15-7-3-5-11(15)9-14/h2,4,6,8,11H,3,5,7H2,1H3. The minimum absolute atomic E-state index is 0.117. The monoisotopic (exact) mass is 278 g/mol. The summed E-state index contributed by atoms with van der Waals surface area (Å²) in [5, 5.41) is 8.98. The molecule has 5 nitrogen and oxygen atoms in total. The van der Waals surface area contributed by atoms with Crippen molar-refractivity contribution in [1.29, 1.82) is 5.26 Å². The molecule has 0 aliphatic carbocycles. The summed E-state index contributed by atoms with van der Waals surface area (Å²) in [6.45, 7) is 0.542. The van der Waals surface area contributed by atoms with Gasteiger partial charge in [0.25, 0.3) is 5.91 Å². The quantitative estimate of drug-likeness (QED) is 0.814. The van der Waals surface area contributed by atoms with Crippen molar-refractivity contribution in [2.75, 3.05) is 12.8 Å². The van der Waals surface area contributed by atoms with E-state index in [2.05, 4.69) is 6.07 Å². The van der Waals surface area contributed by atoms with Gasteiger partial charge >= 0.3 is 0 Å². The van der Waals surface area contributed by atoms with Crippen LogP contribution < -0.4 is 0 Å². The van der Waals surface area contributed by atoms with E-state index < -0.39 is 15.9 Å². The van der Waals surface area contributed by atoms with Gasteiger partial charge in [-0.1, -0.05) is 6.07 Å². The molecular formula is C13H14N2O3S. The first-order valence-corrected chi connectivity index (χ1v) is 7.83. The molecule has 1 atom stereocenters. The minimum Gasteiger partial charge on any atom is -0.323 e. The molecule has 1 aromatic rings. The molecule has 19 heavy (non-hydrogen) atoms. The van der Waals surface area contributed by atoms with Gasteiger partial charge in [0.2, 0.25) is 0 Å². The highest BCUT2D eigenvalue weighted by atomic mass is 32.2. The fourth-order valence-corrected chi connectivity index (χ4v) is 2.84. The SMILES string of the molecule is CS(=O)(=O)c1cccc(C(=O)N2CCCC2C#N)c1. The summed E-state index contributed by atoms with van der Waals surface area (Å²) in [6, 6.07) is 7.63. The van der Waals surface area contributed by atoms with Crippen LogP contribution in [0.25, 0.3) is 0 Å². The number of sulfone groups is 1. The molecule has 1 aliphatic heterocycles. The summed E-state index contributed by atoms with van der Waals surface area (Å²) >= 11 is 0. The Balaban J connectivity index is 2.33. The molecular weight excluding hydrogens is 264 g/mol. The number of carbonyl (C=O) groups excluding carboxylic acids is 1. The van der Waals surface area contributed by atoms with Crippen molar-refractivity contribution < 1.29 is 13.2 Å². The van der Waals surface area contributed by atoms with E-state index in [0.717, 1.165) is 12.7 Å². The fourth-order valence-electron chi connectivity index (χ4n) is 2.17. The molecule has 0 spiro atoms. The number of hydrogen-bond donors (Lipinski definition) is 0. The van der Waals surface area contributed by atoms with Gasteiger partial charge in [0, 0.05) is 18.4 Å². The highest BCUT2D eigenvalue weighted by Crippen LogP contribution is 2.20. The maximum atomic E-state index is 12.3. The summed E-state index contributed by atoms with van der Waals surface area (Å²) in [5.41, 5.74) is 0.310. The first-order chi connectivity index (χ1) is 8.93. The van der Waals surface area contributed by atoms with E-state index >= 15 is 0 Å². The predicted octanol–water partition coefficient (Wildman–Crippen LogP) is 1.22. The van der Waals surface area contributed by atoms with Crippen molar-refractivity contribution in [2.45, 2.75) is 23.8 Å². The number of carbonyl (C=O) groups is 1. The van der Waals surface area contributed by atoms with Gasteiger partial charge in [0.05, 0.1) is 11.0 Å². The van der Waals surface area contributed by atoms with E-state index in [-0.39, 0.29) is 10.8 Å². The summed E-state index contributed by atoms with van der Waals surface area (Å²) in [6.07, 6.45) is 2.58. The van der Waals surface area contributed by atoms with E-state index in [4.69, 9.17) is 5.26 Å². The highest BCUT2D eigenvalue weighted by molar-refractivity contribution is 7.90. The predicted molar refractivity (Wildman–Crippen MR) is 69.2 cm³/mol. The van der Waals surface area contributed by atoms with Crippen LogP contribution in [0.3, 0.4) is 0 Å². The Morgan fingerprint density at radius 3 is 2.84 bits per heavy atom. The van der Waals surface area contributed by atoms with Crippen LogP contribution in [0.2, 0.25) is 0 Å². The zero-order chi connectivity index (χ0) is 14.0. The van der Waals surface area contributed by atoms with Crippen molar-refractivity contribution >= 4 is 15.7 Å². The Kier molecular flexibility index (Phi) is 3.58. The molecule has 1 fully saturated rings. The maximum Gasteiger partial charge on any atom is 0.254 e. The van der Waals surface area contributed by atoms with Crippen LogP contribution in [0, 0.1) is 11.3 Å². The van der Waals surface area contributed by atoms with Crippen molar-refractivity contribution in [1.82, 2.24) is 4.90 Å². The van der Waals surface area contributed by atoms with E-state index in [1.54, 1.807) is 12.1 Å². The van der Waals surface area contributed by atoms with Crippen LogP contribution >= 0.6 is 0 Å². The highest BCUT2D eigenvalue weighted by Gasteiger charge is 2.29. The van der Waals surface area contributed by atoms with Crippen LogP contribution in [0.15, 0.2) is 29.2 Å². The van der Waals surface area contributed by atoms with Crippen molar-refractivity contribution in [3.8, 4) is 6.07 Å². The summed E-state index contributed by atoms with van der Waals surface area (Å²) in [5.74, 6) is -0.283. The van der Waals surface area contributed by atoms with Gasteiger partial charge in [-0.3, -0.25) is 4.79 Å². The molecule has 0 N–H and O–H groups in total. The molecule has 1 heterocycles. The van der Waals surface area contributed by atoms with E-state index in [0.29, 0.717) is 18.5 Å². The Morgan fingerprint density at radius 2 is 2.21 bits per heavy atom. The number of hydrogen-bond acceptors (Lipinski definition) is 4. The molecule has 0 saturated carbocycles. The van der Waals surface area contributed by atoms with Gasteiger partial charge in [-0.05, 0) is 31.0 Å². The van der Waals surface area contributed by atoms with Crippen LogP contribution in [0.5, 0.6) is 0 Å². The zero-order valence-electron chi connectivity index (χ0n) is 10.5. The number of rotatable bonds is 2. The summed E-state index contributed by atoms with van der Waals surface area (Å²) in [4.78, 5) is 13.9. The van der Waals surface area contributed by atoms with E-state index in [9.17, 15) is 13.2 Å². The third-order valence-corrected chi connectivity index (χ3v) is 4.28. The molecule has 1 aromatic carbocycles. The Labute approximate surface area is 112 Å². The molecule has 0 aromatic heterocycles. The van der Waals surface area contributed by atoms with Gasteiger partial charge in [-0.2, -0.15) is 5.26 Å². The van der Waals surface area contributed by atoms with Crippen LogP contribution in [0.1, 0.15) is 23.2 Å². The average molecular weight is 278 g/mol. The van der Waals surface area contributed by atoms with Crippen molar-refractivity contribution in [3.05, 3.63) is 29.8 Å². The second-order valence-corrected chi connectivity index (χ2v) is 6.60. The van der Waals surface area contributed by atoms with E-state index in [1.807, 2.05) is 0 Å².